The van der Waals surface area contributed by atoms with E-state index in [2.05, 4.69) is 20.6 Å². The van der Waals surface area contributed by atoms with Gasteiger partial charge in [-0.05, 0) is 48.2 Å². The van der Waals surface area contributed by atoms with Crippen LogP contribution in [0, 0.1) is 23.3 Å². The quantitative estimate of drug-likeness (QED) is 0.371. The van der Waals surface area contributed by atoms with Crippen molar-refractivity contribution in [2.75, 3.05) is 11.9 Å². The zero-order valence-electron chi connectivity index (χ0n) is 17.0. The van der Waals surface area contributed by atoms with Gasteiger partial charge >= 0.3 is 0 Å². The van der Waals surface area contributed by atoms with Gasteiger partial charge in [-0.1, -0.05) is 24.3 Å². The van der Waals surface area contributed by atoms with Crippen molar-refractivity contribution in [3.8, 4) is 11.1 Å². The molecular weight excluding hydrogens is 432 g/mol. The van der Waals surface area contributed by atoms with Crippen LogP contribution >= 0.6 is 0 Å². The summed E-state index contributed by atoms with van der Waals surface area (Å²) in [6, 6.07) is 12.3. The van der Waals surface area contributed by atoms with Crippen LogP contribution in [0.2, 0.25) is 0 Å². The molecule has 3 aromatic carbocycles. The van der Waals surface area contributed by atoms with Gasteiger partial charge in [0, 0.05) is 34.8 Å². The van der Waals surface area contributed by atoms with Crippen LogP contribution in [0.25, 0.3) is 27.6 Å². The topological polar surface area (TPSA) is 49.8 Å². The Morgan fingerprint density at radius 3 is 2.52 bits per heavy atom. The minimum Gasteiger partial charge on any atom is -0.387 e. The van der Waals surface area contributed by atoms with E-state index >= 15 is 0 Å². The second kappa shape index (κ2) is 8.38. The molecule has 2 heterocycles. The average molecular weight is 448 g/mol. The zero-order chi connectivity index (χ0) is 22.9. The number of allylic oxidation sites excluding steroid dienone is 2. The second-order valence-electron chi connectivity index (χ2n) is 7.41. The van der Waals surface area contributed by atoms with Gasteiger partial charge in [0.05, 0.1) is 5.52 Å². The molecule has 0 radical (unpaired) electrons. The molecule has 0 unspecified atom stereocenters. The maximum atomic E-state index is 14.4. The third-order valence-electron chi connectivity index (χ3n) is 5.23. The Kier molecular flexibility index (Phi) is 5.26. The number of rotatable bonds is 4. The molecule has 0 aliphatic carbocycles. The van der Waals surface area contributed by atoms with Crippen LogP contribution in [-0.2, 0) is 0 Å². The maximum Gasteiger partial charge on any atom is 0.166 e. The third-order valence-corrected chi connectivity index (χ3v) is 5.23. The van der Waals surface area contributed by atoms with E-state index in [0.717, 1.165) is 23.8 Å². The third kappa shape index (κ3) is 4.03. The van der Waals surface area contributed by atoms with Crippen molar-refractivity contribution in [1.29, 1.82) is 0 Å². The lowest BCUT2D eigenvalue weighted by atomic mass is 10.0. The molecule has 2 N–H and O–H groups in total. The molecule has 1 aliphatic rings. The number of anilines is 2. The van der Waals surface area contributed by atoms with Gasteiger partial charge in [0.1, 0.15) is 5.82 Å². The van der Waals surface area contributed by atoms with Gasteiger partial charge in [-0.2, -0.15) is 0 Å². The molecule has 4 nitrogen and oxygen atoms in total. The first-order valence-corrected chi connectivity index (χ1v) is 10.1. The molecule has 8 heteroatoms. The first kappa shape index (κ1) is 20.7. The molecule has 4 aromatic rings. The van der Waals surface area contributed by atoms with Crippen LogP contribution < -0.4 is 10.6 Å². The lowest BCUT2D eigenvalue weighted by molar-refractivity contribution is 0.509. The van der Waals surface area contributed by atoms with E-state index in [0.29, 0.717) is 34.7 Å². The van der Waals surface area contributed by atoms with Crippen molar-refractivity contribution >= 4 is 28.0 Å². The highest BCUT2D eigenvalue weighted by molar-refractivity contribution is 5.95. The number of halogens is 4. The summed E-state index contributed by atoms with van der Waals surface area (Å²) in [5.74, 6) is -3.14. The Hall–Kier alpha value is -4.20. The second-order valence-corrected chi connectivity index (χ2v) is 7.41. The van der Waals surface area contributed by atoms with Crippen LogP contribution in [-0.4, -0.2) is 16.5 Å². The number of nitrogens with one attached hydrogen (secondary N) is 2. The number of aromatic nitrogens is 2. The molecule has 1 aliphatic heterocycles. The first-order valence-electron chi connectivity index (χ1n) is 10.1. The molecule has 0 saturated heterocycles. The van der Waals surface area contributed by atoms with Gasteiger partial charge in [-0.3, -0.25) is 0 Å². The Balaban J connectivity index is 1.68. The smallest absolute Gasteiger partial charge is 0.166 e. The van der Waals surface area contributed by atoms with Gasteiger partial charge in [0.2, 0.25) is 0 Å². The zero-order valence-corrected chi connectivity index (χ0v) is 17.0. The van der Waals surface area contributed by atoms with Crippen molar-refractivity contribution in [3.05, 3.63) is 102 Å². The molecule has 0 amide bonds. The van der Waals surface area contributed by atoms with E-state index < -0.39 is 23.3 Å². The SMILES string of the molecule is Fc1ccc(Nc2nc(C3=CC=CNC3)nc3ccc(-c4cccc(F)c4F)cc23)cc1F. The Morgan fingerprint density at radius 1 is 0.848 bits per heavy atom. The van der Waals surface area contributed by atoms with Gasteiger partial charge < -0.3 is 10.6 Å². The predicted octanol–water partition coefficient (Wildman–Crippen LogP) is 6.10. The number of benzene rings is 3. The summed E-state index contributed by atoms with van der Waals surface area (Å²) in [6.07, 6.45) is 5.49. The fourth-order valence-corrected chi connectivity index (χ4v) is 3.59. The van der Waals surface area contributed by atoms with Gasteiger partial charge in [-0.15, -0.1) is 0 Å². The molecule has 0 spiro atoms. The number of nitrogens with zero attached hydrogens (tertiary/aromatic N) is 2. The summed E-state index contributed by atoms with van der Waals surface area (Å²) in [4.78, 5) is 9.21. The van der Waals surface area contributed by atoms with E-state index in [1.807, 2.05) is 12.2 Å². The molecule has 5 rings (SSSR count). The van der Waals surface area contributed by atoms with Crippen molar-refractivity contribution in [2.24, 2.45) is 0 Å². The summed E-state index contributed by atoms with van der Waals surface area (Å²) in [6.45, 7) is 0.513. The molecule has 164 valence electrons. The highest BCUT2D eigenvalue weighted by Gasteiger charge is 2.16. The van der Waals surface area contributed by atoms with Crippen LogP contribution in [0.1, 0.15) is 5.82 Å². The Morgan fingerprint density at radius 2 is 1.73 bits per heavy atom. The lowest BCUT2D eigenvalue weighted by Gasteiger charge is -2.15. The van der Waals surface area contributed by atoms with Crippen molar-refractivity contribution in [3.63, 3.8) is 0 Å². The van der Waals surface area contributed by atoms with Gasteiger partial charge in [0.25, 0.3) is 0 Å². The monoisotopic (exact) mass is 448 g/mol. The van der Waals surface area contributed by atoms with Crippen molar-refractivity contribution in [2.45, 2.75) is 0 Å². The van der Waals surface area contributed by atoms with E-state index in [1.165, 1.54) is 18.2 Å². The van der Waals surface area contributed by atoms with E-state index in [1.54, 1.807) is 24.4 Å². The Bertz CT molecular complexity index is 1450. The lowest BCUT2D eigenvalue weighted by Crippen LogP contribution is -2.14. The fraction of sp³-hybridized carbons (Fsp3) is 0.0400. The molecule has 0 fully saturated rings. The summed E-state index contributed by atoms with van der Waals surface area (Å²) < 4.78 is 55.4. The number of hydrogen-bond donors (Lipinski definition) is 2. The van der Waals surface area contributed by atoms with Crippen LogP contribution in [0.4, 0.5) is 29.1 Å². The normalized spacial score (nSPS) is 13.0. The number of hydrogen-bond acceptors (Lipinski definition) is 4. The fourth-order valence-electron chi connectivity index (χ4n) is 3.59. The molecule has 1 aromatic heterocycles. The highest BCUT2D eigenvalue weighted by Crippen LogP contribution is 2.32. The van der Waals surface area contributed by atoms with Gasteiger partial charge in [0.15, 0.2) is 29.1 Å². The Labute approximate surface area is 186 Å². The molecule has 0 bridgehead atoms. The van der Waals surface area contributed by atoms with Crippen molar-refractivity contribution < 1.29 is 17.6 Å². The predicted molar refractivity (Wildman–Crippen MR) is 120 cm³/mol. The summed E-state index contributed by atoms with van der Waals surface area (Å²) in [5.41, 5.74) is 2.15. The number of dihydropyridines is 1. The summed E-state index contributed by atoms with van der Waals surface area (Å²) in [5, 5.41) is 6.60. The average Bonchev–Trinajstić information content (AvgIpc) is 2.83. The maximum absolute atomic E-state index is 14.4. The van der Waals surface area contributed by atoms with E-state index in [4.69, 9.17) is 0 Å². The highest BCUT2D eigenvalue weighted by atomic mass is 19.2. The molecule has 33 heavy (non-hydrogen) atoms. The number of fused-ring (bicyclic) bond motifs is 1. The first-order chi connectivity index (χ1) is 16.0. The minimum absolute atomic E-state index is 0.0871. The summed E-state index contributed by atoms with van der Waals surface area (Å²) in [7, 11) is 0. The van der Waals surface area contributed by atoms with E-state index in [9.17, 15) is 17.6 Å². The van der Waals surface area contributed by atoms with Crippen molar-refractivity contribution in [1.82, 2.24) is 15.3 Å². The minimum atomic E-state index is -1.01. The molecule has 0 atom stereocenters. The summed E-state index contributed by atoms with van der Waals surface area (Å²) >= 11 is 0. The standard InChI is InChI=1S/C25H16F4N4/c26-19-8-7-16(12-21(19)28)31-25-18-11-14(17-4-1-5-20(27)23(17)29)6-9-22(18)32-24(33-25)15-3-2-10-30-13-15/h1-12,30H,13H2,(H,31,32,33). The van der Waals surface area contributed by atoms with Crippen LogP contribution in [0.5, 0.6) is 0 Å². The van der Waals surface area contributed by atoms with Gasteiger partial charge in [-0.25, -0.2) is 27.5 Å². The van der Waals surface area contributed by atoms with Crippen LogP contribution in [0.3, 0.4) is 0 Å². The van der Waals surface area contributed by atoms with E-state index in [-0.39, 0.29) is 11.3 Å². The largest absolute Gasteiger partial charge is 0.387 e. The molecule has 0 saturated carbocycles. The molecular formula is C25H16F4N4. The van der Waals surface area contributed by atoms with Crippen LogP contribution in [0.15, 0.2) is 72.9 Å².